The molecule has 266 valence electrons. The molecule has 2 saturated heterocycles. The van der Waals surface area contributed by atoms with E-state index in [0.717, 1.165) is 23.0 Å². The number of amides is 1. The van der Waals surface area contributed by atoms with Crippen LogP contribution in [-0.4, -0.2) is 96.7 Å². The SMILES string of the molecule is C=CC(=O)N1CCN(c2nc(=O)n(-c3c(C4CN(C)C4)cccc3S(C)(=O)=O)c3nc(-c4c(F)cccc4OC(=O)C4CC4)c(F)cc23)[C@@H](C)C1. The summed E-state index contributed by atoms with van der Waals surface area (Å²) in [4.78, 5) is 53.7. The van der Waals surface area contributed by atoms with Crippen LogP contribution >= 0.6 is 0 Å². The molecule has 7 rings (SSSR count). The number of hydrogen-bond acceptors (Lipinski definition) is 10. The number of carbonyl (C=O) groups excluding carboxylic acids is 2. The predicted molar refractivity (Wildman–Crippen MR) is 186 cm³/mol. The molecule has 4 heterocycles. The minimum Gasteiger partial charge on any atom is -0.425 e. The molecule has 12 nitrogen and oxygen atoms in total. The maximum atomic E-state index is 16.5. The summed E-state index contributed by atoms with van der Waals surface area (Å²) in [5, 5.41) is 0.0547. The normalized spacial score (nSPS) is 18.5. The first-order chi connectivity index (χ1) is 24.3. The summed E-state index contributed by atoms with van der Waals surface area (Å²) >= 11 is 0. The summed E-state index contributed by atoms with van der Waals surface area (Å²) in [6.45, 7) is 7.30. The molecule has 0 spiro atoms. The monoisotopic (exact) mass is 718 g/mol. The number of anilines is 1. The van der Waals surface area contributed by atoms with Crippen LogP contribution in [0, 0.1) is 17.6 Å². The Morgan fingerprint density at radius 3 is 2.39 bits per heavy atom. The third kappa shape index (κ3) is 6.29. The Balaban J connectivity index is 1.52. The quantitative estimate of drug-likeness (QED) is 0.151. The van der Waals surface area contributed by atoms with Crippen LogP contribution in [0.1, 0.15) is 31.2 Å². The Labute approximate surface area is 292 Å². The topological polar surface area (TPSA) is 135 Å². The second-order valence-corrected chi connectivity index (χ2v) is 15.5. The first-order valence-electron chi connectivity index (χ1n) is 16.6. The molecule has 3 fully saturated rings. The van der Waals surface area contributed by atoms with Crippen molar-refractivity contribution in [2.75, 3.05) is 50.9 Å². The van der Waals surface area contributed by atoms with Crippen molar-refractivity contribution in [1.29, 1.82) is 0 Å². The number of fused-ring (bicyclic) bond motifs is 1. The molecule has 0 bridgehead atoms. The second-order valence-electron chi connectivity index (χ2n) is 13.5. The van der Waals surface area contributed by atoms with E-state index in [1.807, 2.05) is 18.9 Å². The van der Waals surface area contributed by atoms with Crippen LogP contribution in [0.3, 0.4) is 0 Å². The van der Waals surface area contributed by atoms with E-state index in [4.69, 9.17) is 4.74 Å². The van der Waals surface area contributed by atoms with E-state index in [1.54, 1.807) is 21.9 Å². The van der Waals surface area contributed by atoms with Crippen molar-refractivity contribution in [3.8, 4) is 22.7 Å². The molecule has 1 atom stereocenters. The maximum absolute atomic E-state index is 16.5. The molecule has 2 aliphatic heterocycles. The summed E-state index contributed by atoms with van der Waals surface area (Å²) in [6, 6.07) is 9.17. The zero-order valence-electron chi connectivity index (χ0n) is 28.3. The Morgan fingerprint density at radius 1 is 1.02 bits per heavy atom. The van der Waals surface area contributed by atoms with Gasteiger partial charge < -0.3 is 19.4 Å². The fourth-order valence-corrected chi connectivity index (χ4v) is 7.82. The molecular formula is C36H36F2N6O6S. The van der Waals surface area contributed by atoms with E-state index in [-0.39, 0.29) is 76.6 Å². The van der Waals surface area contributed by atoms with E-state index in [2.05, 4.69) is 16.5 Å². The second kappa shape index (κ2) is 12.9. The molecule has 0 radical (unpaired) electrons. The summed E-state index contributed by atoms with van der Waals surface area (Å²) in [5.41, 5.74) is -1.45. The lowest BCUT2D eigenvalue weighted by Gasteiger charge is -2.40. The minimum absolute atomic E-state index is 0.0283. The fourth-order valence-electron chi connectivity index (χ4n) is 6.94. The minimum atomic E-state index is -3.95. The average Bonchev–Trinajstić information content (AvgIpc) is 3.92. The number of sulfone groups is 1. The highest BCUT2D eigenvalue weighted by Gasteiger charge is 2.36. The fraction of sp³-hybridized carbons (Fsp3) is 0.361. The van der Waals surface area contributed by atoms with Crippen LogP contribution in [-0.2, 0) is 19.4 Å². The average molecular weight is 719 g/mol. The van der Waals surface area contributed by atoms with Crippen molar-refractivity contribution in [1.82, 2.24) is 24.3 Å². The number of halogens is 2. The van der Waals surface area contributed by atoms with Gasteiger partial charge in [-0.1, -0.05) is 24.8 Å². The summed E-state index contributed by atoms with van der Waals surface area (Å²) in [6.07, 6.45) is 3.50. The molecule has 3 aliphatic rings. The molecular weight excluding hydrogens is 682 g/mol. The number of rotatable bonds is 8. The Bertz CT molecular complexity index is 2290. The number of nitrogens with zero attached hydrogens (tertiary/aromatic N) is 6. The molecule has 0 unspecified atom stereocenters. The lowest BCUT2D eigenvalue weighted by Crippen LogP contribution is -2.54. The number of likely N-dealkylation sites (N-methyl/N-ethyl adjacent to an activating group) is 1. The van der Waals surface area contributed by atoms with Crippen molar-refractivity contribution in [3.63, 3.8) is 0 Å². The third-order valence-corrected chi connectivity index (χ3v) is 10.8. The van der Waals surface area contributed by atoms with Gasteiger partial charge in [-0.25, -0.2) is 31.5 Å². The van der Waals surface area contributed by atoms with E-state index in [0.29, 0.717) is 31.5 Å². The first kappa shape index (κ1) is 34.4. The van der Waals surface area contributed by atoms with Crippen LogP contribution in [0.25, 0.3) is 28.0 Å². The lowest BCUT2D eigenvalue weighted by molar-refractivity contribution is -0.135. The highest BCUT2D eigenvalue weighted by molar-refractivity contribution is 7.90. The van der Waals surface area contributed by atoms with Gasteiger partial charge in [0.2, 0.25) is 5.91 Å². The lowest BCUT2D eigenvalue weighted by atomic mass is 9.90. The van der Waals surface area contributed by atoms with Gasteiger partial charge in [-0.15, -0.1) is 0 Å². The highest BCUT2D eigenvalue weighted by atomic mass is 32.2. The number of esters is 1. The van der Waals surface area contributed by atoms with E-state index in [9.17, 15) is 22.8 Å². The summed E-state index contributed by atoms with van der Waals surface area (Å²) in [7, 11) is -2.04. The molecule has 0 N–H and O–H groups in total. The standard InChI is InChI=1S/C36H36F2N6O6S/c1-5-29(45)42-14-15-43(20(2)17-42)33-24-16-26(38)31(30-25(37)9-7-10-27(30)50-35(46)21-12-13-21)39-34(24)44(36(47)40-33)32-23(22-18-41(3)19-22)8-6-11-28(32)51(4,48)49/h5-11,16,20-22H,1,12-15,17-19H2,2-4H3/t20-/m0/s1. The number of likely N-dealkylation sites (tertiary alicyclic amines) is 1. The number of hydrogen-bond donors (Lipinski definition) is 0. The number of aromatic nitrogens is 3. The van der Waals surface area contributed by atoms with E-state index >= 15 is 8.78 Å². The Kier molecular flexibility index (Phi) is 8.74. The number of piperazine rings is 1. The predicted octanol–water partition coefficient (Wildman–Crippen LogP) is 3.70. The largest absolute Gasteiger partial charge is 0.425 e. The third-order valence-electron chi connectivity index (χ3n) is 9.68. The Hall–Kier alpha value is -5.02. The van der Waals surface area contributed by atoms with Gasteiger partial charge in [0.15, 0.2) is 21.3 Å². The smallest absolute Gasteiger partial charge is 0.355 e. The van der Waals surface area contributed by atoms with E-state index < -0.39 is 44.4 Å². The van der Waals surface area contributed by atoms with Gasteiger partial charge >= 0.3 is 11.7 Å². The summed E-state index contributed by atoms with van der Waals surface area (Å²) < 4.78 is 65.4. The molecule has 2 aromatic carbocycles. The number of carbonyl (C=O) groups is 2. The van der Waals surface area contributed by atoms with Gasteiger partial charge in [-0.2, -0.15) is 4.98 Å². The molecule has 2 aromatic heterocycles. The van der Waals surface area contributed by atoms with Gasteiger partial charge in [0.1, 0.15) is 23.1 Å². The zero-order valence-corrected chi connectivity index (χ0v) is 29.1. The molecule has 15 heteroatoms. The van der Waals surface area contributed by atoms with Crippen LogP contribution in [0.5, 0.6) is 5.75 Å². The first-order valence-corrected chi connectivity index (χ1v) is 18.5. The highest BCUT2D eigenvalue weighted by Crippen LogP contribution is 2.40. The molecule has 1 aliphatic carbocycles. The van der Waals surface area contributed by atoms with Gasteiger partial charge in [0.05, 0.1) is 27.5 Å². The van der Waals surface area contributed by atoms with Crippen molar-refractivity contribution in [3.05, 3.63) is 82.8 Å². The number of para-hydroxylation sites is 1. The Morgan fingerprint density at radius 2 is 1.75 bits per heavy atom. The number of ether oxygens (including phenoxy) is 1. The zero-order chi connectivity index (χ0) is 36.4. The van der Waals surface area contributed by atoms with Gasteiger partial charge in [0.25, 0.3) is 0 Å². The van der Waals surface area contributed by atoms with Crippen molar-refractivity contribution < 1.29 is 31.5 Å². The van der Waals surface area contributed by atoms with Gasteiger partial charge in [-0.05, 0) is 62.7 Å². The molecule has 4 aromatic rings. The van der Waals surface area contributed by atoms with Crippen LogP contribution in [0.4, 0.5) is 14.6 Å². The molecule has 51 heavy (non-hydrogen) atoms. The van der Waals surface area contributed by atoms with Crippen molar-refractivity contribution in [2.45, 2.75) is 36.6 Å². The van der Waals surface area contributed by atoms with Crippen molar-refractivity contribution >= 4 is 38.6 Å². The maximum Gasteiger partial charge on any atom is 0.355 e. The van der Waals surface area contributed by atoms with Crippen molar-refractivity contribution in [2.24, 2.45) is 5.92 Å². The molecule has 1 amide bonds. The number of pyridine rings is 1. The van der Waals surface area contributed by atoms with Gasteiger partial charge in [0, 0.05) is 50.9 Å². The van der Waals surface area contributed by atoms with Crippen LogP contribution in [0.2, 0.25) is 0 Å². The number of benzene rings is 2. The van der Waals surface area contributed by atoms with Crippen LogP contribution < -0.4 is 15.3 Å². The van der Waals surface area contributed by atoms with Gasteiger partial charge in [-0.3, -0.25) is 9.59 Å². The van der Waals surface area contributed by atoms with Crippen LogP contribution in [0.15, 0.2) is 64.8 Å². The molecule has 1 saturated carbocycles. The summed E-state index contributed by atoms with van der Waals surface area (Å²) in [5.74, 6) is -3.41. The van der Waals surface area contributed by atoms with E-state index in [1.165, 1.54) is 24.3 Å².